The molecule has 1 aliphatic carbocycles. The van der Waals surface area contributed by atoms with Crippen LogP contribution in [0, 0.1) is 5.82 Å². The summed E-state index contributed by atoms with van der Waals surface area (Å²) in [5.41, 5.74) is 3.34. The van der Waals surface area contributed by atoms with Gasteiger partial charge in [-0.15, -0.1) is 0 Å². The highest BCUT2D eigenvalue weighted by atomic mass is 35.5. The van der Waals surface area contributed by atoms with Crippen LogP contribution >= 0.6 is 11.6 Å². The van der Waals surface area contributed by atoms with Gasteiger partial charge in [-0.05, 0) is 48.6 Å². The van der Waals surface area contributed by atoms with Gasteiger partial charge in [0.25, 0.3) is 0 Å². The third-order valence-electron chi connectivity index (χ3n) is 3.63. The van der Waals surface area contributed by atoms with E-state index in [1.807, 2.05) is 6.07 Å². The lowest BCUT2D eigenvalue weighted by Crippen LogP contribution is -2.17. The number of hydrogen-bond acceptors (Lipinski definition) is 1. The molecule has 1 atom stereocenters. The first kappa shape index (κ1) is 12.5. The van der Waals surface area contributed by atoms with E-state index in [0.29, 0.717) is 10.7 Å². The van der Waals surface area contributed by atoms with E-state index in [-0.39, 0.29) is 11.9 Å². The molecule has 3 heteroatoms. The topological polar surface area (TPSA) is 12.0 Å². The van der Waals surface area contributed by atoms with Crippen molar-refractivity contribution in [2.45, 2.75) is 25.3 Å². The van der Waals surface area contributed by atoms with Gasteiger partial charge in [-0.25, -0.2) is 4.39 Å². The summed E-state index contributed by atoms with van der Waals surface area (Å²) in [6.45, 7) is 0. The van der Waals surface area contributed by atoms with Gasteiger partial charge in [0.2, 0.25) is 0 Å². The lowest BCUT2D eigenvalue weighted by atomic mass is 9.87. The predicted octanol–water partition coefficient (Wildman–Crippen LogP) is 4.97. The maximum absolute atomic E-state index is 13.3. The first-order chi connectivity index (χ1) is 9.24. The van der Waals surface area contributed by atoms with E-state index in [9.17, 15) is 4.39 Å². The van der Waals surface area contributed by atoms with Gasteiger partial charge in [-0.2, -0.15) is 0 Å². The van der Waals surface area contributed by atoms with Crippen molar-refractivity contribution >= 4 is 17.3 Å². The number of aryl methyl sites for hydroxylation is 1. The molecule has 0 aliphatic heterocycles. The predicted molar refractivity (Wildman–Crippen MR) is 77.2 cm³/mol. The zero-order chi connectivity index (χ0) is 13.2. The molecule has 0 spiro atoms. The Labute approximate surface area is 117 Å². The van der Waals surface area contributed by atoms with E-state index in [2.05, 4.69) is 23.5 Å². The molecule has 1 nitrogen and oxygen atoms in total. The average molecular weight is 276 g/mol. The molecular formula is C16H15ClFN. The molecule has 0 saturated carbocycles. The van der Waals surface area contributed by atoms with Crippen LogP contribution in [-0.2, 0) is 6.42 Å². The van der Waals surface area contributed by atoms with E-state index in [1.165, 1.54) is 23.3 Å². The van der Waals surface area contributed by atoms with Crippen molar-refractivity contribution in [3.63, 3.8) is 0 Å². The first-order valence-corrected chi connectivity index (χ1v) is 6.91. The van der Waals surface area contributed by atoms with Crippen LogP contribution in [0.2, 0.25) is 5.02 Å². The van der Waals surface area contributed by atoms with Crippen LogP contribution in [0.1, 0.15) is 30.0 Å². The molecule has 0 aromatic heterocycles. The molecule has 1 N–H and O–H groups in total. The van der Waals surface area contributed by atoms with Gasteiger partial charge < -0.3 is 5.32 Å². The lowest BCUT2D eigenvalue weighted by Gasteiger charge is -2.27. The Morgan fingerprint density at radius 2 is 2.00 bits per heavy atom. The molecule has 0 saturated heterocycles. The molecule has 1 unspecified atom stereocenters. The first-order valence-electron chi connectivity index (χ1n) is 6.53. The van der Waals surface area contributed by atoms with Gasteiger partial charge in [-0.1, -0.05) is 35.9 Å². The molecule has 0 heterocycles. The molecular weight excluding hydrogens is 261 g/mol. The summed E-state index contributed by atoms with van der Waals surface area (Å²) < 4.78 is 13.3. The number of fused-ring (bicyclic) bond motifs is 1. The van der Waals surface area contributed by atoms with Gasteiger partial charge in [-0.3, -0.25) is 0 Å². The average Bonchev–Trinajstić information content (AvgIpc) is 2.43. The standard InChI is InChI=1S/C16H15ClFN/c17-14-9-8-12(18)10-16(14)19-15-7-3-5-11-4-1-2-6-13(11)15/h1-2,4,6,8-10,15,19H,3,5,7H2. The van der Waals surface area contributed by atoms with E-state index in [4.69, 9.17) is 11.6 Å². The van der Waals surface area contributed by atoms with Crippen LogP contribution in [0.5, 0.6) is 0 Å². The monoisotopic (exact) mass is 275 g/mol. The number of rotatable bonds is 2. The number of hydrogen-bond donors (Lipinski definition) is 1. The molecule has 2 aromatic carbocycles. The summed E-state index contributed by atoms with van der Waals surface area (Å²) in [6.07, 6.45) is 3.30. The summed E-state index contributed by atoms with van der Waals surface area (Å²) in [4.78, 5) is 0. The smallest absolute Gasteiger partial charge is 0.125 e. The Hall–Kier alpha value is -1.54. The summed E-state index contributed by atoms with van der Waals surface area (Å²) in [6, 6.07) is 13.1. The van der Waals surface area contributed by atoms with Crippen LogP contribution in [-0.4, -0.2) is 0 Å². The van der Waals surface area contributed by atoms with Crippen molar-refractivity contribution in [2.24, 2.45) is 0 Å². The summed E-state index contributed by atoms with van der Waals surface area (Å²) in [5.74, 6) is -0.268. The third-order valence-corrected chi connectivity index (χ3v) is 3.96. The number of anilines is 1. The second-order valence-electron chi connectivity index (χ2n) is 4.91. The minimum Gasteiger partial charge on any atom is -0.377 e. The molecule has 1 aliphatic rings. The third kappa shape index (κ3) is 2.59. The fourth-order valence-corrected chi connectivity index (χ4v) is 2.87. The van der Waals surface area contributed by atoms with Crippen molar-refractivity contribution in [3.8, 4) is 0 Å². The van der Waals surface area contributed by atoms with Crippen LogP contribution in [0.4, 0.5) is 10.1 Å². The molecule has 0 fully saturated rings. The van der Waals surface area contributed by atoms with Crippen molar-refractivity contribution in [3.05, 3.63) is 64.4 Å². The van der Waals surface area contributed by atoms with Gasteiger partial charge in [0, 0.05) is 0 Å². The van der Waals surface area contributed by atoms with Crippen molar-refractivity contribution in [2.75, 3.05) is 5.32 Å². The second-order valence-corrected chi connectivity index (χ2v) is 5.32. The largest absolute Gasteiger partial charge is 0.377 e. The Morgan fingerprint density at radius 3 is 2.89 bits per heavy atom. The molecule has 19 heavy (non-hydrogen) atoms. The Balaban J connectivity index is 1.90. The summed E-state index contributed by atoms with van der Waals surface area (Å²) in [7, 11) is 0. The van der Waals surface area contributed by atoms with Gasteiger partial charge in [0.05, 0.1) is 16.8 Å². The number of benzene rings is 2. The van der Waals surface area contributed by atoms with Gasteiger partial charge in [0.1, 0.15) is 5.82 Å². The summed E-state index contributed by atoms with van der Waals surface area (Å²) >= 11 is 6.11. The number of nitrogens with one attached hydrogen (secondary N) is 1. The number of halogens is 2. The minimum absolute atomic E-state index is 0.212. The Kier molecular flexibility index (Phi) is 3.43. The highest BCUT2D eigenvalue weighted by Crippen LogP contribution is 2.34. The van der Waals surface area contributed by atoms with Crippen LogP contribution < -0.4 is 5.32 Å². The Bertz CT molecular complexity index is 597. The van der Waals surface area contributed by atoms with Crippen molar-refractivity contribution < 1.29 is 4.39 Å². The highest BCUT2D eigenvalue weighted by molar-refractivity contribution is 6.33. The minimum atomic E-state index is -0.268. The lowest BCUT2D eigenvalue weighted by molar-refractivity contribution is 0.598. The van der Waals surface area contributed by atoms with Crippen LogP contribution in [0.15, 0.2) is 42.5 Å². The quantitative estimate of drug-likeness (QED) is 0.816. The van der Waals surface area contributed by atoms with E-state index >= 15 is 0 Å². The van der Waals surface area contributed by atoms with Gasteiger partial charge >= 0.3 is 0 Å². The highest BCUT2D eigenvalue weighted by Gasteiger charge is 2.20. The molecule has 98 valence electrons. The fraction of sp³-hybridized carbons (Fsp3) is 0.250. The van der Waals surface area contributed by atoms with E-state index in [1.54, 1.807) is 6.07 Å². The van der Waals surface area contributed by atoms with E-state index in [0.717, 1.165) is 19.3 Å². The zero-order valence-corrected chi connectivity index (χ0v) is 11.3. The Morgan fingerprint density at radius 1 is 1.16 bits per heavy atom. The maximum Gasteiger partial charge on any atom is 0.125 e. The second kappa shape index (κ2) is 5.22. The maximum atomic E-state index is 13.3. The normalized spacial score (nSPS) is 17.9. The molecule has 0 amide bonds. The molecule has 0 bridgehead atoms. The van der Waals surface area contributed by atoms with Crippen LogP contribution in [0.25, 0.3) is 0 Å². The van der Waals surface area contributed by atoms with E-state index < -0.39 is 0 Å². The van der Waals surface area contributed by atoms with Gasteiger partial charge in [0.15, 0.2) is 0 Å². The van der Waals surface area contributed by atoms with Crippen molar-refractivity contribution in [1.82, 2.24) is 0 Å². The fourth-order valence-electron chi connectivity index (χ4n) is 2.70. The summed E-state index contributed by atoms with van der Waals surface area (Å²) in [5, 5.41) is 3.93. The van der Waals surface area contributed by atoms with Crippen LogP contribution in [0.3, 0.4) is 0 Å². The zero-order valence-electron chi connectivity index (χ0n) is 10.5. The SMILES string of the molecule is Fc1ccc(Cl)c(NC2CCCc3ccccc32)c1. The van der Waals surface area contributed by atoms with Crippen molar-refractivity contribution in [1.29, 1.82) is 0 Å². The molecule has 3 rings (SSSR count). The molecule has 2 aromatic rings. The molecule has 0 radical (unpaired) electrons.